The first-order valence-corrected chi connectivity index (χ1v) is 8.90. The van der Waals surface area contributed by atoms with Gasteiger partial charge < -0.3 is 10.0 Å². The molecular weight excluding hydrogens is 353 g/mol. The van der Waals surface area contributed by atoms with Crippen molar-refractivity contribution in [2.24, 2.45) is 0 Å². The molecule has 1 saturated heterocycles. The second-order valence-corrected chi connectivity index (χ2v) is 7.01. The van der Waals surface area contributed by atoms with Crippen molar-refractivity contribution in [1.29, 1.82) is 0 Å². The van der Waals surface area contributed by atoms with Gasteiger partial charge in [0.25, 0.3) is 0 Å². The number of hydrogen-bond donors (Lipinski definition) is 1. The number of carboxylic acids is 1. The van der Waals surface area contributed by atoms with Crippen molar-refractivity contribution in [3.8, 4) is 0 Å². The Labute approximate surface area is 138 Å². The molecule has 2 heterocycles. The van der Waals surface area contributed by atoms with E-state index in [1.54, 1.807) is 4.90 Å². The van der Waals surface area contributed by atoms with Crippen LogP contribution in [0.25, 0.3) is 0 Å². The number of carbonyl (C=O) groups is 2. The predicted molar refractivity (Wildman–Crippen MR) is 80.6 cm³/mol. The normalized spacial score (nSPS) is 18.9. The highest BCUT2D eigenvalue weighted by Crippen LogP contribution is 2.35. The van der Waals surface area contributed by atoms with Gasteiger partial charge in [0.05, 0.1) is 16.5 Å². The number of aromatic nitrogens is 1. The molecule has 1 unspecified atom stereocenters. The summed E-state index contributed by atoms with van der Waals surface area (Å²) in [5.74, 6) is -1.46. The van der Waals surface area contributed by atoms with Crippen LogP contribution in [0.2, 0.25) is 0 Å². The van der Waals surface area contributed by atoms with Crippen molar-refractivity contribution in [3.63, 3.8) is 0 Å². The molecule has 5 nitrogen and oxygen atoms in total. The summed E-state index contributed by atoms with van der Waals surface area (Å²) in [6.07, 6.45) is -3.07. The maximum atomic E-state index is 12.6. The fourth-order valence-electron chi connectivity index (χ4n) is 2.33. The fourth-order valence-corrected chi connectivity index (χ4v) is 3.92. The molecule has 0 saturated carbocycles. The first kappa shape index (κ1) is 18.1. The molecular formula is C13H15F3N2O3S2. The molecule has 0 aromatic carbocycles. The number of piperidine rings is 1. The number of thioether (sulfide) groups is 1. The van der Waals surface area contributed by atoms with Gasteiger partial charge in [-0.15, -0.1) is 23.1 Å². The molecule has 0 bridgehead atoms. The number of aliphatic carboxylic acids is 1. The summed E-state index contributed by atoms with van der Waals surface area (Å²) in [6, 6.07) is 0. The monoisotopic (exact) mass is 368 g/mol. The van der Waals surface area contributed by atoms with Crippen molar-refractivity contribution in [2.45, 2.75) is 24.9 Å². The fraction of sp³-hybridized carbons (Fsp3) is 0.615. The number of hydrogen-bond acceptors (Lipinski definition) is 5. The van der Waals surface area contributed by atoms with Crippen LogP contribution >= 0.6 is 23.1 Å². The number of amides is 1. The van der Waals surface area contributed by atoms with Crippen molar-refractivity contribution >= 4 is 35.0 Å². The molecule has 0 aliphatic carbocycles. The van der Waals surface area contributed by atoms with Crippen LogP contribution in [0.1, 0.15) is 29.5 Å². The Bertz CT molecular complexity index is 577. The Morgan fingerprint density at radius 2 is 2.17 bits per heavy atom. The van der Waals surface area contributed by atoms with Gasteiger partial charge in [-0.1, -0.05) is 0 Å². The second-order valence-electron chi connectivity index (χ2n) is 5.13. The van der Waals surface area contributed by atoms with Gasteiger partial charge in [-0.2, -0.15) is 13.2 Å². The van der Waals surface area contributed by atoms with Crippen molar-refractivity contribution in [3.05, 3.63) is 16.1 Å². The van der Waals surface area contributed by atoms with E-state index in [0.29, 0.717) is 30.9 Å². The highest BCUT2D eigenvalue weighted by Gasteiger charge is 2.35. The molecule has 1 aliphatic rings. The van der Waals surface area contributed by atoms with Gasteiger partial charge in [-0.3, -0.25) is 9.59 Å². The third kappa shape index (κ3) is 5.10. The third-order valence-electron chi connectivity index (χ3n) is 3.39. The number of rotatable bonds is 5. The quantitative estimate of drug-likeness (QED) is 0.865. The number of nitrogens with zero attached hydrogens (tertiary/aromatic N) is 2. The lowest BCUT2D eigenvalue weighted by Gasteiger charge is -2.31. The van der Waals surface area contributed by atoms with Gasteiger partial charge in [0.15, 0.2) is 5.69 Å². The first-order chi connectivity index (χ1) is 10.8. The summed E-state index contributed by atoms with van der Waals surface area (Å²) >= 11 is 1.98. The van der Waals surface area contributed by atoms with Gasteiger partial charge in [0, 0.05) is 24.4 Å². The Hall–Kier alpha value is -1.29. The standard InChI is InChI=1S/C13H15F3N2O3S2/c14-13(15,16)9-5-23-12(17-9)8-2-1-3-18(4-8)10(19)6-22-7-11(20)21/h5,8H,1-4,6-7H2,(H,20,21). The summed E-state index contributed by atoms with van der Waals surface area (Å²) in [4.78, 5) is 27.7. The summed E-state index contributed by atoms with van der Waals surface area (Å²) in [5, 5.41) is 9.95. The molecule has 1 aliphatic heterocycles. The Balaban J connectivity index is 1.94. The zero-order valence-electron chi connectivity index (χ0n) is 12.0. The predicted octanol–water partition coefficient (Wildman–Crippen LogP) is 2.69. The first-order valence-electron chi connectivity index (χ1n) is 6.87. The molecule has 1 atom stereocenters. The second kappa shape index (κ2) is 7.52. The zero-order chi connectivity index (χ0) is 17.0. The summed E-state index contributed by atoms with van der Waals surface area (Å²) in [6.45, 7) is 0.873. The van der Waals surface area contributed by atoms with E-state index >= 15 is 0 Å². The Morgan fingerprint density at radius 3 is 2.78 bits per heavy atom. The number of carboxylic acid groups (broad SMARTS) is 1. The molecule has 1 fully saturated rings. The molecule has 0 spiro atoms. The molecule has 2 rings (SSSR count). The van der Waals surface area contributed by atoms with Crippen LogP contribution in [-0.4, -0.2) is 51.5 Å². The molecule has 1 amide bonds. The van der Waals surface area contributed by atoms with Crippen LogP contribution < -0.4 is 0 Å². The molecule has 1 N–H and O–H groups in total. The van der Waals surface area contributed by atoms with E-state index in [1.165, 1.54) is 0 Å². The maximum absolute atomic E-state index is 12.6. The van der Waals surface area contributed by atoms with Crippen molar-refractivity contribution in [1.82, 2.24) is 9.88 Å². The molecule has 10 heteroatoms. The highest BCUT2D eigenvalue weighted by molar-refractivity contribution is 8.00. The molecule has 128 valence electrons. The van der Waals surface area contributed by atoms with Crippen LogP contribution in [0.3, 0.4) is 0 Å². The zero-order valence-corrected chi connectivity index (χ0v) is 13.6. The van der Waals surface area contributed by atoms with Crippen LogP contribution in [-0.2, 0) is 15.8 Å². The smallest absolute Gasteiger partial charge is 0.434 e. The van der Waals surface area contributed by atoms with Gasteiger partial charge in [-0.25, -0.2) is 4.98 Å². The minimum atomic E-state index is -4.45. The van der Waals surface area contributed by atoms with Crippen molar-refractivity contribution in [2.75, 3.05) is 24.6 Å². The Kier molecular flexibility index (Phi) is 5.90. The van der Waals surface area contributed by atoms with Gasteiger partial charge in [-0.05, 0) is 12.8 Å². The molecule has 0 radical (unpaired) electrons. The van der Waals surface area contributed by atoms with Crippen LogP contribution in [0.4, 0.5) is 13.2 Å². The van der Waals surface area contributed by atoms with E-state index < -0.39 is 17.8 Å². The molecule has 23 heavy (non-hydrogen) atoms. The van der Waals surface area contributed by atoms with Crippen LogP contribution in [0.5, 0.6) is 0 Å². The average molecular weight is 368 g/mol. The SMILES string of the molecule is O=C(O)CSCC(=O)N1CCCC(c2nc(C(F)(F)F)cs2)C1. The van der Waals surface area contributed by atoms with E-state index in [-0.39, 0.29) is 23.3 Å². The lowest BCUT2D eigenvalue weighted by molar-refractivity contribution is -0.141. The summed E-state index contributed by atoms with van der Waals surface area (Å²) in [7, 11) is 0. The number of carbonyl (C=O) groups excluding carboxylic acids is 1. The van der Waals surface area contributed by atoms with E-state index in [2.05, 4.69) is 4.98 Å². The van der Waals surface area contributed by atoms with E-state index in [9.17, 15) is 22.8 Å². The number of thiazole rings is 1. The number of alkyl halides is 3. The Morgan fingerprint density at radius 1 is 1.43 bits per heavy atom. The van der Waals surface area contributed by atoms with Gasteiger partial charge >= 0.3 is 12.1 Å². The van der Waals surface area contributed by atoms with Crippen LogP contribution in [0.15, 0.2) is 5.38 Å². The number of likely N-dealkylation sites (tertiary alicyclic amines) is 1. The van der Waals surface area contributed by atoms with Crippen LogP contribution in [0, 0.1) is 0 Å². The molecule has 1 aromatic heterocycles. The van der Waals surface area contributed by atoms with Crippen molar-refractivity contribution < 1.29 is 27.9 Å². The van der Waals surface area contributed by atoms with E-state index in [0.717, 1.165) is 28.5 Å². The van der Waals surface area contributed by atoms with Gasteiger partial charge in [0.1, 0.15) is 0 Å². The number of halogens is 3. The minimum Gasteiger partial charge on any atom is -0.481 e. The topological polar surface area (TPSA) is 70.5 Å². The summed E-state index contributed by atoms with van der Waals surface area (Å²) in [5.41, 5.74) is -0.891. The summed E-state index contributed by atoms with van der Waals surface area (Å²) < 4.78 is 37.8. The third-order valence-corrected chi connectivity index (χ3v) is 5.30. The lowest BCUT2D eigenvalue weighted by atomic mass is 9.99. The average Bonchev–Trinajstić information content (AvgIpc) is 2.97. The minimum absolute atomic E-state index is 0.0602. The van der Waals surface area contributed by atoms with E-state index in [4.69, 9.17) is 5.11 Å². The van der Waals surface area contributed by atoms with E-state index in [1.807, 2.05) is 0 Å². The van der Waals surface area contributed by atoms with Gasteiger partial charge in [0.2, 0.25) is 5.91 Å². The molecule has 1 aromatic rings. The largest absolute Gasteiger partial charge is 0.481 e. The maximum Gasteiger partial charge on any atom is 0.434 e. The highest BCUT2D eigenvalue weighted by atomic mass is 32.2. The lowest BCUT2D eigenvalue weighted by Crippen LogP contribution is -2.40.